The summed E-state index contributed by atoms with van der Waals surface area (Å²) in [5.41, 5.74) is 8.91. The van der Waals surface area contributed by atoms with E-state index in [0.717, 1.165) is 73.1 Å². The Balaban J connectivity index is 1.62. The zero-order valence-corrected chi connectivity index (χ0v) is 19.6. The summed E-state index contributed by atoms with van der Waals surface area (Å²) >= 11 is 1.70. The van der Waals surface area contributed by atoms with Gasteiger partial charge < -0.3 is 14.6 Å². The number of hydrogen-bond acceptors (Lipinski definition) is 4. The van der Waals surface area contributed by atoms with Crippen LogP contribution in [-0.4, -0.2) is 23.8 Å². The van der Waals surface area contributed by atoms with Gasteiger partial charge in [0, 0.05) is 5.56 Å². The van der Waals surface area contributed by atoms with Crippen molar-refractivity contribution in [2.45, 2.75) is 63.6 Å². The number of thiophene rings is 1. The van der Waals surface area contributed by atoms with Crippen LogP contribution in [0.25, 0.3) is 22.3 Å². The molecule has 1 aliphatic heterocycles. The Morgan fingerprint density at radius 1 is 1.15 bits per heavy atom. The fourth-order valence-corrected chi connectivity index (χ4v) is 5.77. The van der Waals surface area contributed by atoms with Crippen molar-refractivity contribution in [3.63, 3.8) is 0 Å². The largest absolute Gasteiger partial charge is 0.493 e. The molecule has 2 fully saturated rings. The number of carboxylic acids is 1. The predicted octanol–water partition coefficient (Wildman–Crippen LogP) is 6.90. The minimum Gasteiger partial charge on any atom is -0.493 e. The number of ether oxygens (including phenoxy) is 2. The van der Waals surface area contributed by atoms with E-state index in [1.165, 1.54) is 22.3 Å². The molecule has 0 spiro atoms. The SMILES string of the molecule is Cc1cc(-c2ccsc2)c(C2CC2)c(-c2ccc3c(c2)CCCO3)c1C(OC1CC1)C(=O)O. The maximum atomic E-state index is 12.5. The average molecular weight is 461 g/mol. The van der Waals surface area contributed by atoms with Crippen LogP contribution in [0.1, 0.15) is 66.4 Å². The molecule has 3 aromatic rings. The Kier molecular flexibility index (Phi) is 5.27. The van der Waals surface area contributed by atoms with Crippen molar-refractivity contribution >= 4 is 17.3 Å². The summed E-state index contributed by atoms with van der Waals surface area (Å²) in [6.07, 6.45) is 5.26. The second-order valence-corrected chi connectivity index (χ2v) is 10.3. The highest BCUT2D eigenvalue weighted by Gasteiger charge is 2.38. The van der Waals surface area contributed by atoms with Crippen molar-refractivity contribution in [2.75, 3.05) is 6.61 Å². The molecule has 0 amide bonds. The number of benzene rings is 2. The number of carbonyl (C=O) groups is 1. The summed E-state index contributed by atoms with van der Waals surface area (Å²) in [5.74, 6) is 0.503. The molecular formula is C28H28O4S. The van der Waals surface area contributed by atoms with E-state index in [1.807, 2.05) is 6.92 Å². The number of hydrogen-bond donors (Lipinski definition) is 1. The van der Waals surface area contributed by atoms with E-state index in [0.29, 0.717) is 5.92 Å². The maximum Gasteiger partial charge on any atom is 0.337 e. The first-order chi connectivity index (χ1) is 16.1. The van der Waals surface area contributed by atoms with Crippen molar-refractivity contribution in [3.8, 4) is 28.0 Å². The first-order valence-electron chi connectivity index (χ1n) is 11.9. The summed E-state index contributed by atoms with van der Waals surface area (Å²) in [5, 5.41) is 14.6. The Bertz CT molecular complexity index is 1210. The molecule has 2 aliphatic carbocycles. The predicted molar refractivity (Wildman–Crippen MR) is 130 cm³/mol. The van der Waals surface area contributed by atoms with E-state index >= 15 is 0 Å². The second-order valence-electron chi connectivity index (χ2n) is 9.56. The second kappa shape index (κ2) is 8.30. The highest BCUT2D eigenvalue weighted by Crippen LogP contribution is 2.53. The van der Waals surface area contributed by atoms with Gasteiger partial charge in [-0.25, -0.2) is 4.79 Å². The normalized spacial score (nSPS) is 18.5. The minimum atomic E-state index is -0.950. The van der Waals surface area contributed by atoms with Crippen molar-refractivity contribution in [1.82, 2.24) is 0 Å². The van der Waals surface area contributed by atoms with Gasteiger partial charge in [0.2, 0.25) is 0 Å². The van der Waals surface area contributed by atoms with Crippen LogP contribution in [0.5, 0.6) is 5.75 Å². The molecule has 170 valence electrons. The fraction of sp³-hybridized carbons (Fsp3) is 0.393. The van der Waals surface area contributed by atoms with Gasteiger partial charge in [-0.3, -0.25) is 0 Å². The molecule has 4 nitrogen and oxygen atoms in total. The summed E-state index contributed by atoms with van der Waals surface area (Å²) in [6, 6.07) is 10.8. The van der Waals surface area contributed by atoms with Crippen LogP contribution in [0.3, 0.4) is 0 Å². The van der Waals surface area contributed by atoms with Gasteiger partial charge in [0.25, 0.3) is 0 Å². The zero-order chi connectivity index (χ0) is 22.5. The molecule has 1 unspecified atom stereocenters. The third-order valence-electron chi connectivity index (χ3n) is 6.97. The molecule has 1 aromatic heterocycles. The topological polar surface area (TPSA) is 55.8 Å². The summed E-state index contributed by atoms with van der Waals surface area (Å²) in [4.78, 5) is 12.5. The standard InChI is InChI=1S/C28H28O4S/c1-16-13-22(20-10-12-33-15-20)25(17-4-5-17)26(24(16)27(28(29)30)32-21-7-8-21)19-6-9-23-18(14-19)3-2-11-31-23/h6,9-10,12-15,17,21,27H,2-5,7-8,11H2,1H3,(H,29,30). The highest BCUT2D eigenvalue weighted by atomic mass is 32.1. The number of rotatable bonds is 7. The zero-order valence-electron chi connectivity index (χ0n) is 18.8. The number of aryl methyl sites for hydroxylation is 2. The van der Waals surface area contributed by atoms with Crippen molar-refractivity contribution in [1.29, 1.82) is 0 Å². The molecule has 2 saturated carbocycles. The van der Waals surface area contributed by atoms with Crippen LogP contribution < -0.4 is 4.74 Å². The van der Waals surface area contributed by atoms with Gasteiger partial charge in [-0.2, -0.15) is 11.3 Å². The van der Waals surface area contributed by atoms with Crippen molar-refractivity contribution in [3.05, 3.63) is 63.3 Å². The molecule has 33 heavy (non-hydrogen) atoms. The number of fused-ring (bicyclic) bond motifs is 1. The fourth-order valence-electron chi connectivity index (χ4n) is 5.11. The Labute approximate surface area is 198 Å². The van der Waals surface area contributed by atoms with Crippen molar-refractivity contribution < 1.29 is 19.4 Å². The first-order valence-corrected chi connectivity index (χ1v) is 12.9. The van der Waals surface area contributed by atoms with E-state index in [1.54, 1.807) is 11.3 Å². The van der Waals surface area contributed by atoms with Gasteiger partial charge in [0.05, 0.1) is 12.7 Å². The Morgan fingerprint density at radius 3 is 2.70 bits per heavy atom. The van der Waals surface area contributed by atoms with Gasteiger partial charge in [-0.15, -0.1) is 0 Å². The van der Waals surface area contributed by atoms with E-state index in [2.05, 4.69) is 41.1 Å². The van der Waals surface area contributed by atoms with Crippen LogP contribution in [0.4, 0.5) is 0 Å². The van der Waals surface area contributed by atoms with Gasteiger partial charge >= 0.3 is 5.97 Å². The molecule has 0 saturated heterocycles. The molecule has 2 aromatic carbocycles. The van der Waals surface area contributed by atoms with E-state index in [4.69, 9.17) is 9.47 Å². The van der Waals surface area contributed by atoms with Crippen molar-refractivity contribution in [2.24, 2.45) is 0 Å². The monoisotopic (exact) mass is 460 g/mol. The van der Waals surface area contributed by atoms with Crippen LogP contribution in [0.2, 0.25) is 0 Å². The summed E-state index contributed by atoms with van der Waals surface area (Å²) in [6.45, 7) is 2.80. The minimum absolute atomic E-state index is 0.0520. The lowest BCUT2D eigenvalue weighted by molar-refractivity contribution is -0.151. The lowest BCUT2D eigenvalue weighted by atomic mass is 9.81. The number of carboxylic acid groups (broad SMARTS) is 1. The maximum absolute atomic E-state index is 12.5. The highest BCUT2D eigenvalue weighted by molar-refractivity contribution is 7.08. The van der Waals surface area contributed by atoms with Gasteiger partial charge in [-0.05, 0) is 119 Å². The average Bonchev–Trinajstić information content (AvgIpc) is 3.76. The molecule has 3 aliphatic rings. The van der Waals surface area contributed by atoms with Gasteiger partial charge in [0.15, 0.2) is 6.10 Å². The lowest BCUT2D eigenvalue weighted by Gasteiger charge is -2.26. The first kappa shape index (κ1) is 20.9. The third-order valence-corrected chi connectivity index (χ3v) is 7.65. The van der Waals surface area contributed by atoms with Crippen LogP contribution in [0.15, 0.2) is 41.1 Å². The molecular weight excluding hydrogens is 432 g/mol. The van der Waals surface area contributed by atoms with Crippen LogP contribution in [0, 0.1) is 6.92 Å². The van der Waals surface area contributed by atoms with E-state index < -0.39 is 12.1 Å². The smallest absolute Gasteiger partial charge is 0.337 e. The van der Waals surface area contributed by atoms with Crippen LogP contribution in [-0.2, 0) is 16.0 Å². The molecule has 0 radical (unpaired) electrons. The Hall–Kier alpha value is -2.63. The van der Waals surface area contributed by atoms with E-state index in [-0.39, 0.29) is 6.10 Å². The molecule has 1 atom stereocenters. The van der Waals surface area contributed by atoms with Gasteiger partial charge in [-0.1, -0.05) is 12.1 Å². The molecule has 1 N–H and O–H groups in total. The quantitative estimate of drug-likeness (QED) is 0.417. The molecule has 0 bridgehead atoms. The molecule has 6 rings (SSSR count). The summed E-state index contributed by atoms with van der Waals surface area (Å²) < 4.78 is 12.0. The molecule has 2 heterocycles. The van der Waals surface area contributed by atoms with E-state index in [9.17, 15) is 9.90 Å². The van der Waals surface area contributed by atoms with Gasteiger partial charge in [0.1, 0.15) is 5.75 Å². The number of aliphatic carboxylic acids is 1. The third kappa shape index (κ3) is 3.98. The Morgan fingerprint density at radius 2 is 2.00 bits per heavy atom. The lowest BCUT2D eigenvalue weighted by Crippen LogP contribution is -2.19. The summed E-state index contributed by atoms with van der Waals surface area (Å²) in [7, 11) is 0. The molecule has 5 heteroatoms. The van der Waals surface area contributed by atoms with Crippen LogP contribution >= 0.6 is 11.3 Å².